The average Bonchev–Trinajstić information content (AvgIpc) is 2.80. The number of nitrogens with zero attached hydrogens (tertiary/aromatic N) is 4. The molecule has 0 aliphatic carbocycles. The van der Waals surface area contributed by atoms with Crippen molar-refractivity contribution in [2.75, 3.05) is 26.2 Å². The second-order valence-corrected chi connectivity index (χ2v) is 6.80. The maximum atomic E-state index is 12.8. The number of imidazole rings is 1. The number of amides is 3. The molecule has 7 nitrogen and oxygen atoms in total. The summed E-state index contributed by atoms with van der Waals surface area (Å²) in [6.07, 6.45) is 2.53. The van der Waals surface area contributed by atoms with Crippen molar-refractivity contribution in [3.63, 3.8) is 0 Å². The van der Waals surface area contributed by atoms with Crippen molar-refractivity contribution in [2.24, 2.45) is 7.05 Å². The van der Waals surface area contributed by atoms with E-state index in [9.17, 15) is 9.59 Å². The Kier molecular flexibility index (Phi) is 4.92. The van der Waals surface area contributed by atoms with Crippen molar-refractivity contribution in [2.45, 2.75) is 26.3 Å². The summed E-state index contributed by atoms with van der Waals surface area (Å²) in [6, 6.07) is 5.67. The Bertz CT molecular complexity index is 783. The Balaban J connectivity index is 1.68. The van der Waals surface area contributed by atoms with Crippen LogP contribution < -0.4 is 5.32 Å². The monoisotopic (exact) mass is 343 g/mol. The molecule has 2 aromatic rings. The number of aromatic nitrogens is 2. The smallest absolute Gasteiger partial charge is 0.317 e. The van der Waals surface area contributed by atoms with Gasteiger partial charge in [0.1, 0.15) is 0 Å². The van der Waals surface area contributed by atoms with E-state index in [1.54, 1.807) is 11.2 Å². The Morgan fingerprint density at radius 2 is 1.84 bits per heavy atom. The zero-order valence-electron chi connectivity index (χ0n) is 15.0. The summed E-state index contributed by atoms with van der Waals surface area (Å²) < 4.78 is 1.93. The SMILES string of the molecule is CC(C)NC(=O)N1CCCN(C(=O)c2ccc3c(c2)ncn3C)CC1. The molecule has 1 aromatic heterocycles. The summed E-state index contributed by atoms with van der Waals surface area (Å²) in [5.74, 6) is -0.00123. The minimum absolute atomic E-state index is 0.00123. The number of fused-ring (bicyclic) bond motifs is 1. The lowest BCUT2D eigenvalue weighted by molar-refractivity contribution is 0.0762. The second kappa shape index (κ2) is 7.13. The van der Waals surface area contributed by atoms with Gasteiger partial charge in [-0.2, -0.15) is 0 Å². The van der Waals surface area contributed by atoms with Crippen LogP contribution in [0.3, 0.4) is 0 Å². The van der Waals surface area contributed by atoms with Crippen LogP contribution in [0.1, 0.15) is 30.6 Å². The standard InChI is InChI=1S/C18H25N5O2/c1-13(2)20-18(25)23-8-4-7-22(9-10-23)17(24)14-5-6-16-15(11-14)19-12-21(16)3/h5-6,11-13H,4,7-10H2,1-3H3,(H,20,25). The fourth-order valence-corrected chi connectivity index (χ4v) is 3.11. The van der Waals surface area contributed by atoms with Crippen molar-refractivity contribution in [3.8, 4) is 0 Å². The molecule has 0 radical (unpaired) electrons. The van der Waals surface area contributed by atoms with E-state index in [-0.39, 0.29) is 18.0 Å². The highest BCUT2D eigenvalue weighted by Gasteiger charge is 2.23. The van der Waals surface area contributed by atoms with Crippen molar-refractivity contribution < 1.29 is 9.59 Å². The molecule has 0 unspecified atom stereocenters. The average molecular weight is 343 g/mol. The molecule has 1 fully saturated rings. The molecule has 0 bridgehead atoms. The number of rotatable bonds is 2. The van der Waals surface area contributed by atoms with E-state index in [1.807, 2.05) is 48.6 Å². The second-order valence-electron chi connectivity index (χ2n) is 6.80. The lowest BCUT2D eigenvalue weighted by Crippen LogP contribution is -2.44. The van der Waals surface area contributed by atoms with E-state index >= 15 is 0 Å². The highest BCUT2D eigenvalue weighted by molar-refractivity contribution is 5.97. The molecule has 1 aromatic carbocycles. The van der Waals surface area contributed by atoms with E-state index in [4.69, 9.17) is 0 Å². The van der Waals surface area contributed by atoms with E-state index in [2.05, 4.69) is 10.3 Å². The Morgan fingerprint density at radius 1 is 1.12 bits per heavy atom. The number of nitrogens with one attached hydrogen (secondary N) is 1. The summed E-state index contributed by atoms with van der Waals surface area (Å²) in [6.45, 7) is 6.31. The van der Waals surface area contributed by atoms with Gasteiger partial charge in [-0.25, -0.2) is 9.78 Å². The van der Waals surface area contributed by atoms with Gasteiger partial charge in [0.25, 0.3) is 5.91 Å². The van der Waals surface area contributed by atoms with Crippen LogP contribution >= 0.6 is 0 Å². The number of carbonyl (C=O) groups is 2. The lowest BCUT2D eigenvalue weighted by atomic mass is 10.1. The fraction of sp³-hybridized carbons (Fsp3) is 0.500. The van der Waals surface area contributed by atoms with E-state index < -0.39 is 0 Å². The zero-order chi connectivity index (χ0) is 18.0. The van der Waals surface area contributed by atoms with Crippen molar-refractivity contribution >= 4 is 23.0 Å². The molecule has 0 saturated carbocycles. The molecule has 1 aliphatic rings. The maximum Gasteiger partial charge on any atom is 0.317 e. The number of benzene rings is 1. The Morgan fingerprint density at radius 3 is 2.60 bits per heavy atom. The summed E-state index contributed by atoms with van der Waals surface area (Å²) in [4.78, 5) is 32.9. The first-order chi connectivity index (χ1) is 12.0. The van der Waals surface area contributed by atoms with Crippen LogP contribution in [0.25, 0.3) is 11.0 Å². The number of urea groups is 1. The molecular weight excluding hydrogens is 318 g/mol. The van der Waals surface area contributed by atoms with Gasteiger partial charge in [0.05, 0.1) is 17.4 Å². The Hall–Kier alpha value is -2.57. The van der Waals surface area contributed by atoms with E-state index in [0.717, 1.165) is 17.5 Å². The minimum atomic E-state index is -0.0563. The minimum Gasteiger partial charge on any atom is -0.337 e. The molecule has 1 aliphatic heterocycles. The van der Waals surface area contributed by atoms with Crippen LogP contribution in [0.4, 0.5) is 4.79 Å². The Labute approximate surface area is 147 Å². The molecular formula is C18H25N5O2. The predicted molar refractivity (Wildman–Crippen MR) is 96.5 cm³/mol. The molecule has 3 amide bonds. The predicted octanol–water partition coefficient (Wildman–Crippen LogP) is 1.84. The molecule has 134 valence electrons. The lowest BCUT2D eigenvalue weighted by Gasteiger charge is -2.23. The third-order valence-corrected chi connectivity index (χ3v) is 4.45. The first kappa shape index (κ1) is 17.3. The number of aryl methyl sites for hydroxylation is 1. The van der Waals surface area contributed by atoms with Gasteiger partial charge in [-0.1, -0.05) is 0 Å². The van der Waals surface area contributed by atoms with E-state index in [1.165, 1.54) is 0 Å². The highest BCUT2D eigenvalue weighted by Crippen LogP contribution is 2.16. The van der Waals surface area contributed by atoms with Gasteiger partial charge in [0.15, 0.2) is 0 Å². The third-order valence-electron chi connectivity index (χ3n) is 4.45. The van der Waals surface area contributed by atoms with Gasteiger partial charge in [-0.15, -0.1) is 0 Å². The summed E-state index contributed by atoms with van der Waals surface area (Å²) >= 11 is 0. The molecule has 3 rings (SSSR count). The van der Waals surface area contributed by atoms with Gasteiger partial charge in [0, 0.05) is 44.8 Å². The van der Waals surface area contributed by atoms with Crippen molar-refractivity contribution in [1.29, 1.82) is 0 Å². The highest BCUT2D eigenvalue weighted by atomic mass is 16.2. The molecule has 2 heterocycles. The maximum absolute atomic E-state index is 12.8. The molecule has 0 atom stereocenters. The van der Waals surface area contributed by atoms with Gasteiger partial charge >= 0.3 is 6.03 Å². The zero-order valence-corrected chi connectivity index (χ0v) is 15.0. The van der Waals surface area contributed by atoms with Crippen LogP contribution in [0.15, 0.2) is 24.5 Å². The number of carbonyl (C=O) groups excluding carboxylic acids is 2. The topological polar surface area (TPSA) is 70.5 Å². The van der Waals surface area contributed by atoms with Crippen LogP contribution in [-0.4, -0.2) is 63.5 Å². The van der Waals surface area contributed by atoms with Crippen LogP contribution in [0.2, 0.25) is 0 Å². The summed E-state index contributed by atoms with van der Waals surface area (Å²) in [7, 11) is 1.93. The summed E-state index contributed by atoms with van der Waals surface area (Å²) in [5, 5.41) is 2.91. The quantitative estimate of drug-likeness (QED) is 0.904. The van der Waals surface area contributed by atoms with Gasteiger partial charge < -0.3 is 19.7 Å². The first-order valence-corrected chi connectivity index (χ1v) is 8.71. The first-order valence-electron chi connectivity index (χ1n) is 8.71. The third kappa shape index (κ3) is 3.75. The van der Waals surface area contributed by atoms with Gasteiger partial charge in [0.2, 0.25) is 0 Å². The van der Waals surface area contributed by atoms with Gasteiger partial charge in [-0.05, 0) is 38.5 Å². The number of hydrogen-bond acceptors (Lipinski definition) is 3. The molecule has 1 N–H and O–H groups in total. The normalized spacial score (nSPS) is 15.5. The number of hydrogen-bond donors (Lipinski definition) is 1. The van der Waals surface area contributed by atoms with Gasteiger partial charge in [-0.3, -0.25) is 4.79 Å². The molecule has 0 spiro atoms. The summed E-state index contributed by atoms with van der Waals surface area (Å²) in [5.41, 5.74) is 2.47. The van der Waals surface area contributed by atoms with Crippen LogP contribution in [-0.2, 0) is 7.05 Å². The largest absolute Gasteiger partial charge is 0.337 e. The van der Waals surface area contributed by atoms with Crippen LogP contribution in [0, 0.1) is 0 Å². The molecule has 25 heavy (non-hydrogen) atoms. The molecule has 7 heteroatoms. The molecule has 1 saturated heterocycles. The van der Waals surface area contributed by atoms with Crippen molar-refractivity contribution in [1.82, 2.24) is 24.7 Å². The van der Waals surface area contributed by atoms with E-state index in [0.29, 0.717) is 31.7 Å². The van der Waals surface area contributed by atoms with Crippen LogP contribution in [0.5, 0.6) is 0 Å². The fourth-order valence-electron chi connectivity index (χ4n) is 3.11. The van der Waals surface area contributed by atoms with Crippen molar-refractivity contribution in [3.05, 3.63) is 30.1 Å².